The van der Waals surface area contributed by atoms with E-state index in [9.17, 15) is 0 Å². The van der Waals surface area contributed by atoms with Crippen molar-refractivity contribution in [2.45, 2.75) is 32.7 Å². The number of nitrogens with zero attached hydrogens (tertiary/aromatic N) is 2. The molecule has 2 rings (SSSR count). The maximum absolute atomic E-state index is 6.13. The zero-order valence-corrected chi connectivity index (χ0v) is 12.1. The van der Waals surface area contributed by atoms with E-state index in [1.807, 2.05) is 0 Å². The first-order valence-corrected chi connectivity index (χ1v) is 7.27. The van der Waals surface area contributed by atoms with Crippen molar-refractivity contribution in [3.63, 3.8) is 0 Å². The van der Waals surface area contributed by atoms with Gasteiger partial charge in [-0.05, 0) is 24.8 Å². The van der Waals surface area contributed by atoms with Crippen LogP contribution in [0.2, 0.25) is 5.15 Å². The second-order valence-electron chi connectivity index (χ2n) is 4.12. The Kier molecular flexibility index (Phi) is 4.55. The summed E-state index contributed by atoms with van der Waals surface area (Å²) in [6.45, 7) is 4.24. The average molecular weight is 282 g/mol. The van der Waals surface area contributed by atoms with Crippen molar-refractivity contribution < 1.29 is 0 Å². The second-order valence-corrected chi connectivity index (χ2v) is 5.46. The topological polar surface area (TPSA) is 37.8 Å². The van der Waals surface area contributed by atoms with Crippen LogP contribution in [-0.4, -0.2) is 9.97 Å². The molecule has 0 aliphatic rings. The summed E-state index contributed by atoms with van der Waals surface area (Å²) < 4.78 is 0. The van der Waals surface area contributed by atoms with E-state index in [-0.39, 0.29) is 6.04 Å². The van der Waals surface area contributed by atoms with Crippen molar-refractivity contribution >= 4 is 28.8 Å². The van der Waals surface area contributed by atoms with E-state index in [1.165, 1.54) is 11.2 Å². The van der Waals surface area contributed by atoms with Crippen molar-refractivity contribution in [3.05, 3.63) is 39.4 Å². The van der Waals surface area contributed by atoms with Gasteiger partial charge < -0.3 is 5.32 Å². The molecule has 0 saturated carbocycles. The lowest BCUT2D eigenvalue weighted by atomic mass is 10.1. The highest BCUT2D eigenvalue weighted by Crippen LogP contribution is 2.27. The number of thiophene rings is 1. The normalized spacial score (nSPS) is 12.4. The summed E-state index contributed by atoms with van der Waals surface area (Å²) in [5.74, 6) is 0.845. The number of halogens is 1. The molecule has 1 atom stereocenters. The van der Waals surface area contributed by atoms with Gasteiger partial charge in [0.2, 0.25) is 0 Å². The molecule has 1 N–H and O–H groups in total. The molecule has 0 aliphatic heterocycles. The summed E-state index contributed by atoms with van der Waals surface area (Å²) in [5, 5.41) is 6.04. The van der Waals surface area contributed by atoms with E-state index in [4.69, 9.17) is 11.6 Å². The summed E-state index contributed by atoms with van der Waals surface area (Å²) >= 11 is 7.86. The quantitative estimate of drug-likeness (QED) is 0.830. The Balaban J connectivity index is 2.20. The first-order chi connectivity index (χ1) is 8.72. The van der Waals surface area contributed by atoms with Crippen molar-refractivity contribution in [2.75, 3.05) is 5.32 Å². The van der Waals surface area contributed by atoms with Crippen molar-refractivity contribution in [3.8, 4) is 0 Å². The minimum atomic E-state index is 0.228. The fourth-order valence-corrected chi connectivity index (χ4v) is 2.76. The lowest BCUT2D eigenvalue weighted by Gasteiger charge is -2.16. The molecule has 96 valence electrons. The van der Waals surface area contributed by atoms with E-state index in [1.54, 1.807) is 11.3 Å². The Morgan fingerprint density at radius 2 is 2.28 bits per heavy atom. The van der Waals surface area contributed by atoms with E-state index >= 15 is 0 Å². The summed E-state index contributed by atoms with van der Waals surface area (Å²) in [5.41, 5.74) is 1.00. The molecular formula is C13H16ClN3S. The van der Waals surface area contributed by atoms with Gasteiger partial charge >= 0.3 is 0 Å². The van der Waals surface area contributed by atoms with Gasteiger partial charge in [0.1, 0.15) is 17.3 Å². The number of hydrogen-bond donors (Lipinski definition) is 1. The first-order valence-electron chi connectivity index (χ1n) is 6.01. The molecule has 2 aromatic heterocycles. The van der Waals surface area contributed by atoms with Gasteiger partial charge in [-0.25, -0.2) is 9.97 Å². The molecule has 3 nitrogen and oxygen atoms in total. The van der Waals surface area contributed by atoms with Gasteiger partial charge in [-0.3, -0.25) is 0 Å². The Labute approximate surface area is 116 Å². The summed E-state index contributed by atoms with van der Waals surface area (Å²) in [6, 6.07) is 4.40. The van der Waals surface area contributed by atoms with E-state index < -0.39 is 0 Å². The number of anilines is 1. The van der Waals surface area contributed by atoms with Gasteiger partial charge in [-0.2, -0.15) is 0 Å². The summed E-state index contributed by atoms with van der Waals surface area (Å²) in [6.07, 6.45) is 3.42. The standard InChI is InChI=1S/C13H16ClN3S/c1-3-5-10-12(14)15-8-16-13(10)17-9(2)11-6-4-7-18-11/h4,6-9H,3,5H2,1-2H3,(H,15,16,17). The molecule has 0 radical (unpaired) electrons. The van der Waals surface area contributed by atoms with Crippen LogP contribution >= 0.6 is 22.9 Å². The lowest BCUT2D eigenvalue weighted by Crippen LogP contribution is -2.09. The second kappa shape index (κ2) is 6.16. The third-order valence-corrected chi connectivity index (χ3v) is 4.10. The van der Waals surface area contributed by atoms with Crippen molar-refractivity contribution in [1.82, 2.24) is 9.97 Å². The molecule has 0 aliphatic carbocycles. The molecular weight excluding hydrogens is 266 g/mol. The highest BCUT2D eigenvalue weighted by Gasteiger charge is 2.13. The van der Waals surface area contributed by atoms with Crippen LogP contribution in [-0.2, 0) is 6.42 Å². The van der Waals surface area contributed by atoms with Gasteiger partial charge in [0.05, 0.1) is 6.04 Å². The fraction of sp³-hybridized carbons (Fsp3) is 0.385. The zero-order chi connectivity index (χ0) is 13.0. The maximum Gasteiger partial charge on any atom is 0.137 e. The Morgan fingerprint density at radius 1 is 1.44 bits per heavy atom. The molecule has 18 heavy (non-hydrogen) atoms. The Hall–Kier alpha value is -1.13. The highest BCUT2D eigenvalue weighted by molar-refractivity contribution is 7.10. The number of aromatic nitrogens is 2. The molecule has 0 saturated heterocycles. The van der Waals surface area contributed by atoms with Crippen LogP contribution in [0.4, 0.5) is 5.82 Å². The van der Waals surface area contributed by atoms with Crippen LogP contribution in [0.1, 0.15) is 36.8 Å². The summed E-state index contributed by atoms with van der Waals surface area (Å²) in [4.78, 5) is 9.64. The van der Waals surface area contributed by atoms with Crippen LogP contribution in [0.15, 0.2) is 23.8 Å². The molecule has 2 heterocycles. The van der Waals surface area contributed by atoms with Gasteiger partial charge in [0.25, 0.3) is 0 Å². The smallest absolute Gasteiger partial charge is 0.137 e. The summed E-state index contributed by atoms with van der Waals surface area (Å²) in [7, 11) is 0. The predicted octanol–water partition coefficient (Wildman–Crippen LogP) is 4.32. The SMILES string of the molecule is CCCc1c(Cl)ncnc1NC(C)c1cccs1. The van der Waals surface area contributed by atoms with E-state index in [0.29, 0.717) is 5.15 Å². The van der Waals surface area contributed by atoms with Gasteiger partial charge in [0, 0.05) is 10.4 Å². The number of hydrogen-bond acceptors (Lipinski definition) is 4. The predicted molar refractivity (Wildman–Crippen MR) is 77.4 cm³/mol. The van der Waals surface area contributed by atoms with Crippen LogP contribution in [0.5, 0.6) is 0 Å². The fourth-order valence-electron chi connectivity index (χ4n) is 1.80. The Bertz CT molecular complexity index is 499. The minimum Gasteiger partial charge on any atom is -0.362 e. The largest absolute Gasteiger partial charge is 0.362 e. The van der Waals surface area contributed by atoms with Gasteiger partial charge in [-0.1, -0.05) is 31.0 Å². The molecule has 0 bridgehead atoms. The minimum absolute atomic E-state index is 0.228. The van der Waals surface area contributed by atoms with Crippen LogP contribution in [0.3, 0.4) is 0 Å². The third-order valence-electron chi connectivity index (χ3n) is 2.72. The van der Waals surface area contributed by atoms with Gasteiger partial charge in [0.15, 0.2) is 0 Å². The monoisotopic (exact) mass is 281 g/mol. The highest BCUT2D eigenvalue weighted by atomic mass is 35.5. The van der Waals surface area contributed by atoms with Crippen molar-refractivity contribution in [1.29, 1.82) is 0 Å². The van der Waals surface area contributed by atoms with Crippen molar-refractivity contribution in [2.24, 2.45) is 0 Å². The molecule has 0 amide bonds. The average Bonchev–Trinajstić information content (AvgIpc) is 2.87. The van der Waals surface area contributed by atoms with E-state index in [2.05, 4.69) is 46.6 Å². The van der Waals surface area contributed by atoms with E-state index in [0.717, 1.165) is 24.2 Å². The van der Waals surface area contributed by atoms with Crippen LogP contribution in [0, 0.1) is 0 Å². The zero-order valence-electron chi connectivity index (χ0n) is 10.5. The molecule has 5 heteroatoms. The molecule has 1 unspecified atom stereocenters. The van der Waals surface area contributed by atoms with Gasteiger partial charge in [-0.15, -0.1) is 11.3 Å². The van der Waals surface area contributed by atoms with Crippen LogP contribution in [0.25, 0.3) is 0 Å². The number of rotatable bonds is 5. The third kappa shape index (κ3) is 3.00. The maximum atomic E-state index is 6.13. The molecule has 0 aromatic carbocycles. The first kappa shape index (κ1) is 13.3. The molecule has 2 aromatic rings. The number of nitrogens with one attached hydrogen (secondary N) is 1. The molecule has 0 spiro atoms. The van der Waals surface area contributed by atoms with Crippen LogP contribution < -0.4 is 5.32 Å². The lowest BCUT2D eigenvalue weighted by molar-refractivity contribution is 0.858. The Morgan fingerprint density at radius 3 is 2.94 bits per heavy atom. The molecule has 0 fully saturated rings.